The Labute approximate surface area is 49.3 Å². The predicted molar refractivity (Wildman–Crippen MR) is 35.6 cm³/mol. The molecule has 0 N–H and O–H groups in total. The largest absolute Gasteiger partial charge is 0.273 e. The summed E-state index contributed by atoms with van der Waals surface area (Å²) in [5, 5.41) is 0. The molecule has 1 aliphatic heterocycles. The molecule has 0 saturated carbocycles. The van der Waals surface area contributed by atoms with E-state index in [1.165, 1.54) is 0 Å². The van der Waals surface area contributed by atoms with Gasteiger partial charge < -0.3 is 0 Å². The summed E-state index contributed by atoms with van der Waals surface area (Å²) in [7, 11) is 0. The summed E-state index contributed by atoms with van der Waals surface area (Å²) in [4.78, 5) is 8.01. The fraction of sp³-hybridized carbons (Fsp3) is 0.667. The quantitative estimate of drug-likeness (QED) is 0.446. The first-order valence-electron chi connectivity index (χ1n) is 2.73. The SMILES string of the molecule is CC1(C)C=NCN=C1. The second-order valence-electron chi connectivity index (χ2n) is 2.59. The molecule has 0 aromatic rings. The van der Waals surface area contributed by atoms with E-state index in [1.54, 1.807) is 0 Å². The molecule has 2 heteroatoms. The van der Waals surface area contributed by atoms with Crippen molar-refractivity contribution in [1.82, 2.24) is 0 Å². The monoisotopic (exact) mass is 110 g/mol. The minimum absolute atomic E-state index is 0.0955. The van der Waals surface area contributed by atoms with Crippen LogP contribution in [0.2, 0.25) is 0 Å². The Morgan fingerprint density at radius 1 is 1.25 bits per heavy atom. The van der Waals surface area contributed by atoms with Gasteiger partial charge in [-0.25, -0.2) is 0 Å². The van der Waals surface area contributed by atoms with Gasteiger partial charge in [-0.15, -0.1) is 0 Å². The standard InChI is InChI=1S/C6H10N2/c1-6(2)3-7-5-8-4-6/h3-4H,5H2,1-2H3. The van der Waals surface area contributed by atoms with E-state index < -0.39 is 0 Å². The van der Waals surface area contributed by atoms with E-state index in [-0.39, 0.29) is 5.41 Å². The van der Waals surface area contributed by atoms with E-state index in [0.29, 0.717) is 6.67 Å². The van der Waals surface area contributed by atoms with Crippen molar-refractivity contribution in [3.05, 3.63) is 0 Å². The highest BCUT2D eigenvalue weighted by molar-refractivity contribution is 5.89. The molecule has 0 fully saturated rings. The smallest absolute Gasteiger partial charge is 0.128 e. The molecule has 0 amide bonds. The molecule has 8 heavy (non-hydrogen) atoms. The van der Waals surface area contributed by atoms with E-state index in [0.717, 1.165) is 0 Å². The molecule has 0 aromatic carbocycles. The van der Waals surface area contributed by atoms with Crippen LogP contribution in [0.3, 0.4) is 0 Å². The van der Waals surface area contributed by atoms with Crippen molar-refractivity contribution in [3.63, 3.8) is 0 Å². The van der Waals surface area contributed by atoms with Crippen LogP contribution in [-0.4, -0.2) is 19.1 Å². The van der Waals surface area contributed by atoms with Crippen LogP contribution in [0.4, 0.5) is 0 Å². The first kappa shape index (κ1) is 5.48. The zero-order chi connectivity index (χ0) is 6.04. The molecule has 2 nitrogen and oxygen atoms in total. The minimum atomic E-state index is 0.0955. The maximum Gasteiger partial charge on any atom is 0.128 e. The number of nitrogens with zero attached hydrogens (tertiary/aromatic N) is 2. The topological polar surface area (TPSA) is 24.7 Å². The molecule has 1 heterocycles. The van der Waals surface area contributed by atoms with Gasteiger partial charge in [-0.2, -0.15) is 0 Å². The van der Waals surface area contributed by atoms with Crippen LogP contribution < -0.4 is 0 Å². The van der Waals surface area contributed by atoms with Gasteiger partial charge in [0.1, 0.15) is 6.67 Å². The molecule has 0 unspecified atom stereocenters. The second-order valence-corrected chi connectivity index (χ2v) is 2.59. The molecular weight excluding hydrogens is 100 g/mol. The number of hydrogen-bond acceptors (Lipinski definition) is 2. The molecule has 0 radical (unpaired) electrons. The third-order valence-corrected chi connectivity index (χ3v) is 1.01. The Kier molecular flexibility index (Phi) is 1.16. The van der Waals surface area contributed by atoms with Gasteiger partial charge in [-0.3, -0.25) is 9.98 Å². The van der Waals surface area contributed by atoms with E-state index in [2.05, 4.69) is 23.8 Å². The minimum Gasteiger partial charge on any atom is -0.273 e. The van der Waals surface area contributed by atoms with E-state index in [4.69, 9.17) is 0 Å². The van der Waals surface area contributed by atoms with Crippen LogP contribution in [0.5, 0.6) is 0 Å². The summed E-state index contributed by atoms with van der Waals surface area (Å²) in [5.74, 6) is 0. The van der Waals surface area contributed by atoms with Gasteiger partial charge in [-0.1, -0.05) is 0 Å². The van der Waals surface area contributed by atoms with Gasteiger partial charge in [0.15, 0.2) is 0 Å². The Morgan fingerprint density at radius 2 is 1.75 bits per heavy atom. The number of rotatable bonds is 0. The fourth-order valence-electron chi connectivity index (χ4n) is 0.633. The molecule has 0 bridgehead atoms. The Balaban J connectivity index is 2.69. The maximum atomic E-state index is 4.01. The molecule has 1 aliphatic rings. The summed E-state index contributed by atoms with van der Waals surface area (Å²) < 4.78 is 0. The normalized spacial score (nSPS) is 23.8. The summed E-state index contributed by atoms with van der Waals surface area (Å²) in [6.45, 7) is 4.78. The second kappa shape index (κ2) is 1.69. The third-order valence-electron chi connectivity index (χ3n) is 1.01. The molecule has 44 valence electrons. The predicted octanol–water partition coefficient (Wildman–Crippen LogP) is 1.13. The van der Waals surface area contributed by atoms with Crippen molar-refractivity contribution in [3.8, 4) is 0 Å². The van der Waals surface area contributed by atoms with Crippen molar-refractivity contribution in [2.45, 2.75) is 13.8 Å². The maximum absolute atomic E-state index is 4.01. The molecule has 0 aliphatic carbocycles. The van der Waals surface area contributed by atoms with Gasteiger partial charge in [0.25, 0.3) is 0 Å². The molecule has 0 saturated heterocycles. The Morgan fingerprint density at radius 3 is 2.00 bits per heavy atom. The van der Waals surface area contributed by atoms with Gasteiger partial charge in [0.2, 0.25) is 0 Å². The van der Waals surface area contributed by atoms with Crippen LogP contribution >= 0.6 is 0 Å². The van der Waals surface area contributed by atoms with Crippen LogP contribution in [-0.2, 0) is 0 Å². The zero-order valence-corrected chi connectivity index (χ0v) is 5.26. The summed E-state index contributed by atoms with van der Waals surface area (Å²) in [5.41, 5.74) is 0.0955. The highest BCUT2D eigenvalue weighted by Gasteiger charge is 2.12. The van der Waals surface area contributed by atoms with Crippen molar-refractivity contribution in [2.75, 3.05) is 6.67 Å². The Bertz CT molecular complexity index is 119. The number of hydrogen-bond donors (Lipinski definition) is 0. The lowest BCUT2D eigenvalue weighted by molar-refractivity contribution is 0.738. The fourth-order valence-corrected chi connectivity index (χ4v) is 0.633. The van der Waals surface area contributed by atoms with Crippen LogP contribution in [0.25, 0.3) is 0 Å². The number of aliphatic imine (C=N–C) groups is 2. The highest BCUT2D eigenvalue weighted by Crippen LogP contribution is 2.09. The van der Waals surface area contributed by atoms with Crippen LogP contribution in [0.15, 0.2) is 9.98 Å². The third kappa shape index (κ3) is 1.15. The first-order valence-corrected chi connectivity index (χ1v) is 2.73. The molecular formula is C6H10N2. The lowest BCUT2D eigenvalue weighted by atomic mass is 9.97. The zero-order valence-electron chi connectivity index (χ0n) is 5.26. The Hall–Kier alpha value is -0.660. The van der Waals surface area contributed by atoms with Crippen molar-refractivity contribution in [2.24, 2.45) is 15.4 Å². The van der Waals surface area contributed by atoms with Gasteiger partial charge in [0, 0.05) is 17.8 Å². The average molecular weight is 110 g/mol. The van der Waals surface area contributed by atoms with Gasteiger partial charge in [-0.05, 0) is 13.8 Å². The van der Waals surface area contributed by atoms with Crippen LogP contribution in [0, 0.1) is 5.41 Å². The lowest BCUT2D eigenvalue weighted by Gasteiger charge is -2.14. The molecule has 1 rings (SSSR count). The summed E-state index contributed by atoms with van der Waals surface area (Å²) >= 11 is 0. The van der Waals surface area contributed by atoms with Crippen LogP contribution in [0.1, 0.15) is 13.8 Å². The highest BCUT2D eigenvalue weighted by atomic mass is 14.9. The van der Waals surface area contributed by atoms with Crippen molar-refractivity contribution >= 4 is 12.4 Å². The molecule has 0 spiro atoms. The van der Waals surface area contributed by atoms with Gasteiger partial charge in [0.05, 0.1) is 0 Å². The first-order chi connectivity index (χ1) is 3.71. The average Bonchev–Trinajstić information content (AvgIpc) is 1.65. The van der Waals surface area contributed by atoms with E-state index >= 15 is 0 Å². The molecule has 0 atom stereocenters. The van der Waals surface area contributed by atoms with E-state index in [1.807, 2.05) is 12.4 Å². The van der Waals surface area contributed by atoms with Crippen molar-refractivity contribution < 1.29 is 0 Å². The van der Waals surface area contributed by atoms with Crippen molar-refractivity contribution in [1.29, 1.82) is 0 Å². The molecule has 0 aromatic heterocycles. The summed E-state index contributed by atoms with van der Waals surface area (Å²) in [6.07, 6.45) is 3.86. The van der Waals surface area contributed by atoms with E-state index in [9.17, 15) is 0 Å². The summed E-state index contributed by atoms with van der Waals surface area (Å²) in [6, 6.07) is 0. The lowest BCUT2D eigenvalue weighted by Crippen LogP contribution is -2.17. The van der Waals surface area contributed by atoms with Gasteiger partial charge >= 0.3 is 0 Å².